The van der Waals surface area contributed by atoms with Gasteiger partial charge in [0.25, 0.3) is 0 Å². The Bertz CT molecular complexity index is 1110. The number of rotatable bonds is 3. The third kappa shape index (κ3) is 2.63. The number of nitrogens with zero attached hydrogens (tertiary/aromatic N) is 3. The zero-order chi connectivity index (χ0) is 17.5. The monoisotopic (exact) mass is 347 g/mol. The van der Waals surface area contributed by atoms with Crippen LogP contribution in [-0.4, -0.2) is 37.5 Å². The Morgan fingerprint density at radius 2 is 1.92 bits per heavy atom. The van der Waals surface area contributed by atoms with Crippen molar-refractivity contribution in [1.29, 1.82) is 0 Å². The van der Waals surface area contributed by atoms with E-state index < -0.39 is 0 Å². The van der Waals surface area contributed by atoms with E-state index in [1.54, 1.807) is 6.33 Å². The predicted octanol–water partition coefficient (Wildman–Crippen LogP) is 3.04. The average Bonchev–Trinajstić information content (AvgIpc) is 3.25. The lowest BCUT2D eigenvalue weighted by Gasteiger charge is -2.32. The number of para-hydroxylation sites is 2. The molecule has 0 unspecified atom stereocenters. The molecule has 0 amide bonds. The van der Waals surface area contributed by atoms with Gasteiger partial charge < -0.3 is 9.97 Å². The van der Waals surface area contributed by atoms with Crippen LogP contribution in [0.2, 0.25) is 0 Å². The minimum atomic E-state index is 0.00865. The summed E-state index contributed by atoms with van der Waals surface area (Å²) in [6, 6.07) is 14.6. The van der Waals surface area contributed by atoms with E-state index in [9.17, 15) is 4.79 Å². The smallest absolute Gasteiger partial charge is 0.326 e. The first-order valence-electron chi connectivity index (χ1n) is 9.11. The Labute approximate surface area is 150 Å². The number of H-pyrrole nitrogens is 2. The molecule has 0 aliphatic carbocycles. The fourth-order valence-corrected chi connectivity index (χ4v) is 4.11. The third-order valence-corrected chi connectivity index (χ3v) is 5.44. The van der Waals surface area contributed by atoms with Gasteiger partial charge in [0, 0.05) is 25.7 Å². The Morgan fingerprint density at radius 1 is 1.08 bits per heavy atom. The van der Waals surface area contributed by atoms with Crippen molar-refractivity contribution in [2.45, 2.75) is 25.4 Å². The summed E-state index contributed by atoms with van der Waals surface area (Å²) >= 11 is 0. The summed E-state index contributed by atoms with van der Waals surface area (Å²) in [4.78, 5) is 25.3. The van der Waals surface area contributed by atoms with Crippen molar-refractivity contribution in [3.05, 3.63) is 64.8 Å². The lowest BCUT2D eigenvalue weighted by Crippen LogP contribution is -2.36. The number of fused-ring (bicyclic) bond motifs is 2. The minimum absolute atomic E-state index is 0.00865. The molecule has 26 heavy (non-hydrogen) atoms. The maximum Gasteiger partial charge on any atom is 0.326 e. The van der Waals surface area contributed by atoms with E-state index in [1.165, 1.54) is 5.56 Å². The normalized spacial score (nSPS) is 16.6. The molecule has 2 aromatic heterocycles. The van der Waals surface area contributed by atoms with E-state index in [4.69, 9.17) is 0 Å². The number of aromatic amines is 2. The molecule has 3 heterocycles. The standard InChI is InChI=1S/C20H21N5O/c26-20-23-17-3-1-2-4-19(17)25(20)15-7-9-24(10-8-15)12-14-5-6-16-18(11-14)22-13-21-16/h1-6,11,13,15H,7-10,12H2,(H,21,22)(H,23,26). The highest BCUT2D eigenvalue weighted by atomic mass is 16.1. The summed E-state index contributed by atoms with van der Waals surface area (Å²) in [6.45, 7) is 2.93. The summed E-state index contributed by atoms with van der Waals surface area (Å²) in [5.74, 6) is 0. The molecule has 1 aliphatic rings. The van der Waals surface area contributed by atoms with Gasteiger partial charge in [-0.15, -0.1) is 0 Å². The second kappa shape index (κ2) is 6.14. The van der Waals surface area contributed by atoms with E-state index in [1.807, 2.05) is 28.8 Å². The van der Waals surface area contributed by atoms with Crippen molar-refractivity contribution in [3.8, 4) is 0 Å². The maximum absolute atomic E-state index is 12.4. The largest absolute Gasteiger partial charge is 0.345 e. The van der Waals surface area contributed by atoms with Gasteiger partial charge in [-0.05, 0) is 42.7 Å². The van der Waals surface area contributed by atoms with E-state index in [0.29, 0.717) is 0 Å². The Balaban J connectivity index is 1.31. The number of piperidine rings is 1. The van der Waals surface area contributed by atoms with Gasteiger partial charge in [-0.25, -0.2) is 9.78 Å². The van der Waals surface area contributed by atoms with Crippen LogP contribution in [0.25, 0.3) is 22.1 Å². The molecule has 2 aromatic carbocycles. The van der Waals surface area contributed by atoms with Crippen LogP contribution in [0, 0.1) is 0 Å². The molecular weight excluding hydrogens is 326 g/mol. The highest BCUT2D eigenvalue weighted by Crippen LogP contribution is 2.26. The van der Waals surface area contributed by atoms with Gasteiger partial charge in [0.1, 0.15) is 0 Å². The highest BCUT2D eigenvalue weighted by Gasteiger charge is 2.23. The molecule has 0 bridgehead atoms. The molecular formula is C20H21N5O. The van der Waals surface area contributed by atoms with Crippen LogP contribution >= 0.6 is 0 Å². The van der Waals surface area contributed by atoms with Crippen molar-refractivity contribution in [2.75, 3.05) is 13.1 Å². The fraction of sp³-hybridized carbons (Fsp3) is 0.300. The van der Waals surface area contributed by atoms with Gasteiger partial charge in [-0.1, -0.05) is 18.2 Å². The van der Waals surface area contributed by atoms with Crippen LogP contribution in [-0.2, 0) is 6.54 Å². The highest BCUT2D eigenvalue weighted by molar-refractivity contribution is 5.75. The SMILES string of the molecule is O=c1[nH]c2ccccc2n1C1CCN(Cc2ccc3nc[nH]c3c2)CC1. The average molecular weight is 347 g/mol. The molecule has 4 aromatic rings. The molecule has 132 valence electrons. The van der Waals surface area contributed by atoms with E-state index in [-0.39, 0.29) is 11.7 Å². The second-order valence-electron chi connectivity index (χ2n) is 7.08. The zero-order valence-electron chi connectivity index (χ0n) is 14.5. The van der Waals surface area contributed by atoms with Crippen LogP contribution in [0.3, 0.4) is 0 Å². The van der Waals surface area contributed by atoms with E-state index in [0.717, 1.165) is 54.5 Å². The number of nitrogens with one attached hydrogen (secondary N) is 2. The van der Waals surface area contributed by atoms with Gasteiger partial charge in [-0.3, -0.25) is 9.47 Å². The topological polar surface area (TPSA) is 69.7 Å². The molecule has 1 aliphatic heterocycles. The van der Waals surface area contributed by atoms with E-state index in [2.05, 4.69) is 38.1 Å². The molecule has 2 N–H and O–H groups in total. The van der Waals surface area contributed by atoms with Crippen LogP contribution in [0.15, 0.2) is 53.6 Å². The van der Waals surface area contributed by atoms with Crippen molar-refractivity contribution in [2.24, 2.45) is 0 Å². The predicted molar refractivity (Wildman–Crippen MR) is 102 cm³/mol. The fourth-order valence-electron chi connectivity index (χ4n) is 4.11. The minimum Gasteiger partial charge on any atom is -0.345 e. The molecule has 6 heteroatoms. The summed E-state index contributed by atoms with van der Waals surface area (Å²) in [7, 11) is 0. The molecule has 1 saturated heterocycles. The Kier molecular flexibility index (Phi) is 3.64. The van der Waals surface area contributed by atoms with Crippen molar-refractivity contribution in [1.82, 2.24) is 24.4 Å². The molecule has 0 spiro atoms. The summed E-state index contributed by atoms with van der Waals surface area (Å²) in [5, 5.41) is 0. The van der Waals surface area contributed by atoms with Gasteiger partial charge in [-0.2, -0.15) is 0 Å². The van der Waals surface area contributed by atoms with E-state index >= 15 is 0 Å². The molecule has 0 atom stereocenters. The van der Waals surface area contributed by atoms with Crippen LogP contribution < -0.4 is 5.69 Å². The van der Waals surface area contributed by atoms with Crippen molar-refractivity contribution in [3.63, 3.8) is 0 Å². The van der Waals surface area contributed by atoms with Gasteiger partial charge in [0.2, 0.25) is 0 Å². The first-order chi connectivity index (χ1) is 12.8. The van der Waals surface area contributed by atoms with Crippen LogP contribution in [0.1, 0.15) is 24.4 Å². The Morgan fingerprint density at radius 3 is 2.81 bits per heavy atom. The zero-order valence-corrected chi connectivity index (χ0v) is 14.5. The first-order valence-corrected chi connectivity index (χ1v) is 9.11. The van der Waals surface area contributed by atoms with Gasteiger partial charge in [0.15, 0.2) is 0 Å². The lowest BCUT2D eigenvalue weighted by atomic mass is 10.0. The van der Waals surface area contributed by atoms with Crippen molar-refractivity contribution < 1.29 is 0 Å². The summed E-state index contributed by atoms with van der Waals surface area (Å²) < 4.78 is 1.95. The molecule has 1 fully saturated rings. The summed E-state index contributed by atoms with van der Waals surface area (Å²) in [5.41, 5.74) is 5.33. The molecule has 6 nitrogen and oxygen atoms in total. The summed E-state index contributed by atoms with van der Waals surface area (Å²) in [6.07, 6.45) is 3.72. The van der Waals surface area contributed by atoms with Crippen molar-refractivity contribution >= 4 is 22.1 Å². The maximum atomic E-state index is 12.4. The van der Waals surface area contributed by atoms with Crippen LogP contribution in [0.5, 0.6) is 0 Å². The molecule has 0 saturated carbocycles. The van der Waals surface area contributed by atoms with Gasteiger partial charge >= 0.3 is 5.69 Å². The lowest BCUT2D eigenvalue weighted by molar-refractivity contribution is 0.180. The molecule has 5 rings (SSSR count). The third-order valence-electron chi connectivity index (χ3n) is 5.44. The number of imidazole rings is 2. The quantitative estimate of drug-likeness (QED) is 0.598. The number of likely N-dealkylation sites (tertiary alicyclic amines) is 1. The van der Waals surface area contributed by atoms with Gasteiger partial charge in [0.05, 0.1) is 28.4 Å². The second-order valence-corrected chi connectivity index (χ2v) is 7.08. The van der Waals surface area contributed by atoms with Crippen LogP contribution in [0.4, 0.5) is 0 Å². The number of hydrogen-bond acceptors (Lipinski definition) is 3. The Hall–Kier alpha value is -2.86. The first kappa shape index (κ1) is 15.4. The number of aromatic nitrogens is 4. The number of benzene rings is 2. The molecule has 0 radical (unpaired) electrons. The number of hydrogen-bond donors (Lipinski definition) is 2.